The van der Waals surface area contributed by atoms with E-state index in [0.717, 1.165) is 12.8 Å². The second kappa shape index (κ2) is 7.78. The Morgan fingerprint density at radius 3 is 2.83 bits per heavy atom. The lowest BCUT2D eigenvalue weighted by atomic mass is 10.3. The number of hydrogen-bond acceptors (Lipinski definition) is 5. The van der Waals surface area contributed by atoms with Crippen LogP contribution in [0.15, 0.2) is 0 Å². The smallest absolute Gasteiger partial charge is 0.358 e. The van der Waals surface area contributed by atoms with Crippen molar-refractivity contribution in [3.63, 3.8) is 0 Å². The third-order valence-corrected chi connectivity index (χ3v) is 2.41. The van der Waals surface area contributed by atoms with E-state index in [1.807, 2.05) is 0 Å². The Morgan fingerprint density at radius 2 is 2.22 bits per heavy atom. The second-order valence-electron chi connectivity index (χ2n) is 3.81. The molecule has 7 nitrogen and oxygen atoms in total. The van der Waals surface area contributed by atoms with Crippen LogP contribution in [0.25, 0.3) is 0 Å². The summed E-state index contributed by atoms with van der Waals surface area (Å²) in [5.74, 6) is -1.10. The molecule has 1 aromatic heterocycles. The summed E-state index contributed by atoms with van der Waals surface area (Å²) < 4.78 is 11.9. The van der Waals surface area contributed by atoms with Crippen molar-refractivity contribution in [3.05, 3.63) is 11.4 Å². The van der Waals surface area contributed by atoms with E-state index in [9.17, 15) is 4.79 Å². The van der Waals surface area contributed by atoms with Gasteiger partial charge in [0.2, 0.25) is 0 Å². The summed E-state index contributed by atoms with van der Waals surface area (Å²) in [6.45, 7) is 3.93. The molecule has 0 fully saturated rings. The second-order valence-corrected chi connectivity index (χ2v) is 3.81. The summed E-state index contributed by atoms with van der Waals surface area (Å²) in [6, 6.07) is 0. The van der Waals surface area contributed by atoms with Gasteiger partial charge in [0.15, 0.2) is 5.69 Å². The summed E-state index contributed by atoms with van der Waals surface area (Å²) in [6.07, 6.45) is 2.10. The Hall–Kier alpha value is -1.47. The number of aromatic carboxylic acids is 1. The minimum atomic E-state index is -1.10. The minimum absolute atomic E-state index is 0.0644. The van der Waals surface area contributed by atoms with Crippen LogP contribution in [0.4, 0.5) is 0 Å². The van der Waals surface area contributed by atoms with Gasteiger partial charge in [0, 0.05) is 13.7 Å². The van der Waals surface area contributed by atoms with Crippen LogP contribution >= 0.6 is 0 Å². The molecule has 0 aliphatic rings. The van der Waals surface area contributed by atoms with Gasteiger partial charge in [-0.3, -0.25) is 0 Å². The fourth-order valence-electron chi connectivity index (χ4n) is 1.46. The zero-order valence-electron chi connectivity index (χ0n) is 10.8. The van der Waals surface area contributed by atoms with Crippen molar-refractivity contribution in [2.75, 3.05) is 20.3 Å². The van der Waals surface area contributed by atoms with Crippen molar-refractivity contribution in [3.8, 4) is 0 Å². The molecule has 0 bridgehead atoms. The first-order valence-corrected chi connectivity index (χ1v) is 5.93. The van der Waals surface area contributed by atoms with Crippen molar-refractivity contribution in [2.45, 2.75) is 32.9 Å². The number of carbonyl (C=O) groups is 1. The monoisotopic (exact) mass is 257 g/mol. The lowest BCUT2D eigenvalue weighted by Gasteiger charge is -2.06. The molecule has 0 saturated heterocycles. The van der Waals surface area contributed by atoms with E-state index in [1.54, 1.807) is 0 Å². The summed E-state index contributed by atoms with van der Waals surface area (Å²) in [5.41, 5.74) is 0.398. The third kappa shape index (κ3) is 4.08. The van der Waals surface area contributed by atoms with Gasteiger partial charge in [-0.05, 0) is 6.42 Å². The number of carboxylic acids is 1. The van der Waals surface area contributed by atoms with Gasteiger partial charge in [-0.2, -0.15) is 0 Å². The van der Waals surface area contributed by atoms with Crippen LogP contribution in [0, 0.1) is 0 Å². The molecule has 0 aromatic carbocycles. The molecule has 0 aliphatic carbocycles. The van der Waals surface area contributed by atoms with Crippen LogP contribution in [-0.2, 0) is 22.6 Å². The number of nitrogens with zero attached hydrogens (tertiary/aromatic N) is 3. The van der Waals surface area contributed by atoms with Crippen molar-refractivity contribution in [2.24, 2.45) is 0 Å². The first-order chi connectivity index (χ1) is 8.70. The number of aromatic nitrogens is 3. The van der Waals surface area contributed by atoms with Gasteiger partial charge >= 0.3 is 5.97 Å². The average Bonchev–Trinajstić information content (AvgIpc) is 2.73. The van der Waals surface area contributed by atoms with Gasteiger partial charge < -0.3 is 14.6 Å². The number of hydrogen-bond donors (Lipinski definition) is 1. The number of methoxy groups -OCH3 is 1. The zero-order valence-corrected chi connectivity index (χ0v) is 10.8. The third-order valence-electron chi connectivity index (χ3n) is 2.41. The van der Waals surface area contributed by atoms with E-state index < -0.39 is 5.97 Å². The van der Waals surface area contributed by atoms with E-state index in [0.29, 0.717) is 25.5 Å². The summed E-state index contributed by atoms with van der Waals surface area (Å²) in [5, 5.41) is 16.4. The van der Waals surface area contributed by atoms with E-state index >= 15 is 0 Å². The van der Waals surface area contributed by atoms with E-state index in [4.69, 9.17) is 14.6 Å². The van der Waals surface area contributed by atoms with Crippen molar-refractivity contribution >= 4 is 5.97 Å². The molecule has 7 heteroatoms. The average molecular weight is 257 g/mol. The van der Waals surface area contributed by atoms with E-state index in [-0.39, 0.29) is 12.3 Å². The standard InChI is InChI=1S/C11H19N3O4/c1-3-4-6-18-7-5-14-9(8-17-2)10(11(15)16)12-13-14/h3-8H2,1-2H3,(H,15,16). The molecule has 1 rings (SSSR count). The van der Waals surface area contributed by atoms with Crippen LogP contribution in [0.3, 0.4) is 0 Å². The number of ether oxygens (including phenoxy) is 2. The van der Waals surface area contributed by atoms with Crippen LogP contribution in [-0.4, -0.2) is 46.4 Å². The molecule has 0 aliphatic heterocycles. The maximum absolute atomic E-state index is 10.9. The van der Waals surface area contributed by atoms with Gasteiger partial charge in [-0.1, -0.05) is 18.6 Å². The number of carboxylic acid groups (broad SMARTS) is 1. The van der Waals surface area contributed by atoms with Crippen molar-refractivity contribution in [1.82, 2.24) is 15.0 Å². The molecule has 1 heterocycles. The first-order valence-electron chi connectivity index (χ1n) is 5.93. The summed E-state index contributed by atoms with van der Waals surface area (Å²) in [4.78, 5) is 10.9. The highest BCUT2D eigenvalue weighted by atomic mass is 16.5. The van der Waals surface area contributed by atoms with Crippen molar-refractivity contribution in [1.29, 1.82) is 0 Å². The number of rotatable bonds is 9. The van der Waals surface area contributed by atoms with Gasteiger partial charge in [-0.25, -0.2) is 9.48 Å². The fraction of sp³-hybridized carbons (Fsp3) is 0.727. The summed E-state index contributed by atoms with van der Waals surface area (Å²) >= 11 is 0. The molecular formula is C11H19N3O4. The number of unbranched alkanes of at least 4 members (excludes halogenated alkanes) is 1. The maximum Gasteiger partial charge on any atom is 0.358 e. The van der Waals surface area contributed by atoms with Gasteiger partial charge in [0.1, 0.15) is 0 Å². The SMILES string of the molecule is CCCCOCCn1nnc(C(=O)O)c1COC. The predicted molar refractivity (Wildman–Crippen MR) is 63.4 cm³/mol. The quantitative estimate of drug-likeness (QED) is 0.662. The molecule has 0 spiro atoms. The van der Waals surface area contributed by atoms with E-state index in [1.165, 1.54) is 11.8 Å². The first kappa shape index (κ1) is 14.6. The lowest BCUT2D eigenvalue weighted by Crippen LogP contribution is -2.13. The molecular weight excluding hydrogens is 238 g/mol. The highest BCUT2D eigenvalue weighted by Gasteiger charge is 2.18. The highest BCUT2D eigenvalue weighted by Crippen LogP contribution is 2.07. The topological polar surface area (TPSA) is 86.5 Å². The normalized spacial score (nSPS) is 10.8. The molecule has 0 radical (unpaired) electrons. The van der Waals surface area contributed by atoms with Gasteiger partial charge in [0.25, 0.3) is 0 Å². The minimum Gasteiger partial charge on any atom is -0.476 e. The van der Waals surface area contributed by atoms with Crippen LogP contribution < -0.4 is 0 Å². The molecule has 0 amide bonds. The molecule has 0 saturated carbocycles. The Labute approximate surface area is 106 Å². The lowest BCUT2D eigenvalue weighted by molar-refractivity contribution is 0.0684. The van der Waals surface area contributed by atoms with Gasteiger partial charge in [-0.15, -0.1) is 5.10 Å². The molecule has 1 N–H and O–H groups in total. The van der Waals surface area contributed by atoms with Gasteiger partial charge in [0.05, 0.1) is 25.5 Å². The molecule has 1 aromatic rings. The Kier molecular flexibility index (Phi) is 6.31. The van der Waals surface area contributed by atoms with Crippen LogP contribution in [0.2, 0.25) is 0 Å². The fourth-order valence-corrected chi connectivity index (χ4v) is 1.46. The molecule has 0 atom stereocenters. The highest BCUT2D eigenvalue weighted by molar-refractivity contribution is 5.86. The van der Waals surface area contributed by atoms with E-state index in [2.05, 4.69) is 17.2 Å². The van der Waals surface area contributed by atoms with Crippen LogP contribution in [0.5, 0.6) is 0 Å². The largest absolute Gasteiger partial charge is 0.476 e. The Bertz CT molecular complexity index is 378. The Balaban J connectivity index is 2.56. The molecule has 102 valence electrons. The Morgan fingerprint density at radius 1 is 1.44 bits per heavy atom. The summed E-state index contributed by atoms with van der Waals surface area (Å²) in [7, 11) is 1.50. The zero-order chi connectivity index (χ0) is 13.4. The predicted octanol–water partition coefficient (Wildman–Crippen LogP) is 0.939. The van der Waals surface area contributed by atoms with Crippen LogP contribution in [0.1, 0.15) is 35.9 Å². The molecule has 0 unspecified atom stereocenters. The maximum atomic E-state index is 10.9. The molecule has 18 heavy (non-hydrogen) atoms. The van der Waals surface area contributed by atoms with Crippen molar-refractivity contribution < 1.29 is 19.4 Å².